The minimum atomic E-state index is -0.461. The number of carbonyl (C=O) groups excluding carboxylic acids is 2. The number of hydrogen-bond donors (Lipinski definition) is 1. The van der Waals surface area contributed by atoms with Gasteiger partial charge in [0.15, 0.2) is 0 Å². The standard InChI is InChI=1S/C21H27N3O3/c1-21(2,3)27-20(26)24-10-8-14(9-11-24)12-17-6-4-15-13-16(19(22)25)5-7-18(15)23-17/h4-7,13-14H,8-12H2,1-3H3,(H2,22,25). The number of piperidine rings is 1. The Morgan fingerprint density at radius 1 is 1.19 bits per heavy atom. The molecule has 0 aliphatic carbocycles. The van der Waals surface area contributed by atoms with E-state index in [9.17, 15) is 9.59 Å². The van der Waals surface area contributed by atoms with Crippen molar-refractivity contribution >= 4 is 22.9 Å². The van der Waals surface area contributed by atoms with Gasteiger partial charge in [-0.3, -0.25) is 9.78 Å². The number of carbonyl (C=O) groups is 2. The van der Waals surface area contributed by atoms with E-state index < -0.39 is 11.5 Å². The molecule has 6 heteroatoms. The first kappa shape index (κ1) is 19.1. The normalized spacial score (nSPS) is 15.7. The minimum Gasteiger partial charge on any atom is -0.444 e. The van der Waals surface area contributed by atoms with Gasteiger partial charge in [-0.1, -0.05) is 6.07 Å². The van der Waals surface area contributed by atoms with Crippen LogP contribution in [-0.4, -0.2) is 40.6 Å². The highest BCUT2D eigenvalue weighted by atomic mass is 16.6. The maximum atomic E-state index is 12.2. The van der Waals surface area contributed by atoms with Crippen LogP contribution in [0.4, 0.5) is 4.79 Å². The molecule has 2 heterocycles. The first-order chi connectivity index (χ1) is 12.7. The number of nitrogens with two attached hydrogens (primary N) is 1. The van der Waals surface area contributed by atoms with Crippen LogP contribution in [-0.2, 0) is 11.2 Å². The zero-order chi connectivity index (χ0) is 19.6. The molecular weight excluding hydrogens is 342 g/mol. The molecule has 1 aromatic carbocycles. The van der Waals surface area contributed by atoms with Crippen molar-refractivity contribution in [3.8, 4) is 0 Å². The highest BCUT2D eigenvalue weighted by Gasteiger charge is 2.27. The molecule has 6 nitrogen and oxygen atoms in total. The van der Waals surface area contributed by atoms with Crippen molar-refractivity contribution in [2.75, 3.05) is 13.1 Å². The van der Waals surface area contributed by atoms with Crippen LogP contribution in [0.1, 0.15) is 49.7 Å². The summed E-state index contributed by atoms with van der Waals surface area (Å²) in [6, 6.07) is 9.31. The van der Waals surface area contributed by atoms with E-state index in [1.54, 1.807) is 17.0 Å². The van der Waals surface area contributed by atoms with Crippen molar-refractivity contribution in [1.29, 1.82) is 0 Å². The van der Waals surface area contributed by atoms with E-state index in [2.05, 4.69) is 0 Å². The number of rotatable bonds is 3. The summed E-state index contributed by atoms with van der Waals surface area (Å²) in [6.07, 6.45) is 2.55. The van der Waals surface area contributed by atoms with E-state index in [1.165, 1.54) is 0 Å². The van der Waals surface area contributed by atoms with Crippen molar-refractivity contribution in [2.45, 2.75) is 45.6 Å². The lowest BCUT2D eigenvalue weighted by Gasteiger charge is -2.33. The first-order valence-corrected chi connectivity index (χ1v) is 9.39. The maximum absolute atomic E-state index is 12.2. The Kier molecular flexibility index (Phi) is 5.35. The molecule has 0 saturated carbocycles. The van der Waals surface area contributed by atoms with Gasteiger partial charge in [0.2, 0.25) is 5.91 Å². The Balaban J connectivity index is 1.59. The highest BCUT2D eigenvalue weighted by molar-refractivity contribution is 5.96. The third kappa shape index (κ3) is 4.96. The lowest BCUT2D eigenvalue weighted by atomic mass is 9.92. The van der Waals surface area contributed by atoms with Gasteiger partial charge in [-0.15, -0.1) is 0 Å². The van der Waals surface area contributed by atoms with Gasteiger partial charge in [-0.2, -0.15) is 0 Å². The number of likely N-dealkylation sites (tertiary alicyclic amines) is 1. The van der Waals surface area contributed by atoms with Gasteiger partial charge < -0.3 is 15.4 Å². The fraction of sp³-hybridized carbons (Fsp3) is 0.476. The predicted molar refractivity (Wildman–Crippen MR) is 104 cm³/mol. The quantitative estimate of drug-likeness (QED) is 0.897. The molecule has 1 aliphatic heterocycles. The summed E-state index contributed by atoms with van der Waals surface area (Å²) in [5, 5.41) is 0.912. The summed E-state index contributed by atoms with van der Waals surface area (Å²) in [5.41, 5.74) is 7.26. The van der Waals surface area contributed by atoms with Gasteiger partial charge in [-0.25, -0.2) is 4.79 Å². The van der Waals surface area contributed by atoms with Gasteiger partial charge in [0.1, 0.15) is 5.60 Å². The number of ether oxygens (including phenoxy) is 1. The highest BCUT2D eigenvalue weighted by Crippen LogP contribution is 2.24. The van der Waals surface area contributed by atoms with E-state index in [0.717, 1.165) is 48.9 Å². The third-order valence-electron chi connectivity index (χ3n) is 4.80. The summed E-state index contributed by atoms with van der Waals surface area (Å²) in [5.74, 6) is 0.0660. The van der Waals surface area contributed by atoms with Crippen molar-refractivity contribution in [1.82, 2.24) is 9.88 Å². The molecular formula is C21H27N3O3. The SMILES string of the molecule is CC(C)(C)OC(=O)N1CCC(Cc2ccc3cc(C(N)=O)ccc3n2)CC1. The zero-order valence-corrected chi connectivity index (χ0v) is 16.2. The number of hydrogen-bond acceptors (Lipinski definition) is 4. The van der Waals surface area contributed by atoms with Gasteiger partial charge in [0.25, 0.3) is 0 Å². The van der Waals surface area contributed by atoms with E-state index in [1.807, 2.05) is 39.0 Å². The van der Waals surface area contributed by atoms with Crippen LogP contribution < -0.4 is 5.73 Å². The number of primary amides is 1. The molecule has 27 heavy (non-hydrogen) atoms. The Hall–Kier alpha value is -2.63. The molecule has 1 aliphatic rings. The largest absolute Gasteiger partial charge is 0.444 e. The lowest BCUT2D eigenvalue weighted by molar-refractivity contribution is 0.0184. The van der Waals surface area contributed by atoms with Crippen LogP contribution in [0.25, 0.3) is 10.9 Å². The zero-order valence-electron chi connectivity index (χ0n) is 16.2. The molecule has 1 fully saturated rings. The smallest absolute Gasteiger partial charge is 0.410 e. The number of pyridine rings is 1. The molecule has 0 bridgehead atoms. The molecule has 0 spiro atoms. The molecule has 3 rings (SSSR count). The van der Waals surface area contributed by atoms with Gasteiger partial charge in [0, 0.05) is 29.7 Å². The van der Waals surface area contributed by atoms with Crippen LogP contribution in [0.15, 0.2) is 30.3 Å². The van der Waals surface area contributed by atoms with Gasteiger partial charge in [0.05, 0.1) is 5.52 Å². The second kappa shape index (κ2) is 7.55. The molecule has 144 valence electrons. The van der Waals surface area contributed by atoms with E-state index in [-0.39, 0.29) is 6.09 Å². The molecule has 1 saturated heterocycles. The summed E-state index contributed by atoms with van der Waals surface area (Å²) >= 11 is 0. The molecule has 0 unspecified atom stereocenters. The molecule has 2 N–H and O–H groups in total. The summed E-state index contributed by atoms with van der Waals surface area (Å²) in [7, 11) is 0. The average molecular weight is 369 g/mol. The first-order valence-electron chi connectivity index (χ1n) is 9.39. The van der Waals surface area contributed by atoms with Gasteiger partial charge in [-0.05, 0) is 70.2 Å². The van der Waals surface area contributed by atoms with Crippen LogP contribution in [0.5, 0.6) is 0 Å². The fourth-order valence-electron chi connectivity index (χ4n) is 3.38. The third-order valence-corrected chi connectivity index (χ3v) is 4.80. The van der Waals surface area contributed by atoms with E-state index in [4.69, 9.17) is 15.5 Å². The molecule has 0 radical (unpaired) electrons. The van der Waals surface area contributed by atoms with Crippen molar-refractivity contribution < 1.29 is 14.3 Å². The minimum absolute atomic E-state index is 0.227. The number of aromatic nitrogens is 1. The molecule has 1 aromatic heterocycles. The van der Waals surface area contributed by atoms with Crippen molar-refractivity contribution in [3.63, 3.8) is 0 Å². The van der Waals surface area contributed by atoms with Crippen molar-refractivity contribution in [3.05, 3.63) is 41.6 Å². The monoisotopic (exact) mass is 369 g/mol. The predicted octanol–water partition coefficient (Wildman–Crippen LogP) is 3.52. The van der Waals surface area contributed by atoms with Crippen LogP contribution in [0, 0.1) is 5.92 Å². The van der Waals surface area contributed by atoms with E-state index in [0.29, 0.717) is 11.5 Å². The Morgan fingerprint density at radius 2 is 1.89 bits per heavy atom. The lowest BCUT2D eigenvalue weighted by Crippen LogP contribution is -2.42. The van der Waals surface area contributed by atoms with Crippen LogP contribution in [0.2, 0.25) is 0 Å². The van der Waals surface area contributed by atoms with Crippen molar-refractivity contribution in [2.24, 2.45) is 11.7 Å². The van der Waals surface area contributed by atoms with Crippen LogP contribution in [0.3, 0.4) is 0 Å². The van der Waals surface area contributed by atoms with Gasteiger partial charge >= 0.3 is 6.09 Å². The number of benzene rings is 1. The number of nitrogens with zero attached hydrogens (tertiary/aromatic N) is 2. The summed E-state index contributed by atoms with van der Waals surface area (Å²) in [6.45, 7) is 7.09. The second-order valence-corrected chi connectivity index (χ2v) is 8.19. The number of fused-ring (bicyclic) bond motifs is 1. The topological polar surface area (TPSA) is 85.5 Å². The summed E-state index contributed by atoms with van der Waals surface area (Å²) < 4.78 is 5.45. The van der Waals surface area contributed by atoms with Crippen LogP contribution >= 0.6 is 0 Å². The molecule has 2 aromatic rings. The summed E-state index contributed by atoms with van der Waals surface area (Å²) in [4.78, 5) is 30.0. The Morgan fingerprint density at radius 3 is 2.52 bits per heavy atom. The molecule has 0 atom stereocenters. The van der Waals surface area contributed by atoms with E-state index >= 15 is 0 Å². The second-order valence-electron chi connectivity index (χ2n) is 8.19. The fourth-order valence-corrected chi connectivity index (χ4v) is 3.38. The maximum Gasteiger partial charge on any atom is 0.410 e. The average Bonchev–Trinajstić information content (AvgIpc) is 2.60. The molecule has 2 amide bonds. The Bertz CT molecular complexity index is 849. The number of amides is 2. The Labute approximate surface area is 159 Å².